The molecule has 0 bridgehead atoms. The van der Waals surface area contributed by atoms with Gasteiger partial charge in [0, 0.05) is 43.6 Å². The summed E-state index contributed by atoms with van der Waals surface area (Å²) in [6.07, 6.45) is -1.68. The van der Waals surface area contributed by atoms with Crippen LogP contribution in [0.2, 0.25) is 0 Å². The van der Waals surface area contributed by atoms with Gasteiger partial charge in [-0.1, -0.05) is 12.1 Å². The molecule has 0 aliphatic carbocycles. The van der Waals surface area contributed by atoms with Crippen molar-refractivity contribution in [1.82, 2.24) is 24.0 Å². The normalized spacial score (nSPS) is 15.8. The highest BCUT2D eigenvalue weighted by atomic mass is 32.2. The second-order valence-corrected chi connectivity index (χ2v) is 8.76. The number of halogens is 3. The summed E-state index contributed by atoms with van der Waals surface area (Å²) < 4.78 is 64.9. The van der Waals surface area contributed by atoms with Crippen molar-refractivity contribution in [2.45, 2.75) is 6.18 Å². The van der Waals surface area contributed by atoms with Crippen molar-refractivity contribution in [3.05, 3.63) is 60.0 Å². The number of H-pyrrole nitrogens is 1. The third kappa shape index (κ3) is 4.40. The Labute approximate surface area is 181 Å². The van der Waals surface area contributed by atoms with E-state index in [9.17, 15) is 26.4 Å². The quantitative estimate of drug-likeness (QED) is 0.608. The molecule has 9 nitrogen and oxygen atoms in total. The number of nitrogens with one attached hydrogen (secondary N) is 1. The van der Waals surface area contributed by atoms with E-state index in [0.717, 1.165) is 15.1 Å². The van der Waals surface area contributed by atoms with Gasteiger partial charge in [0.2, 0.25) is 0 Å². The van der Waals surface area contributed by atoms with Crippen molar-refractivity contribution in [3.8, 4) is 16.9 Å². The van der Waals surface area contributed by atoms with E-state index in [1.165, 1.54) is 35.5 Å². The first-order valence-corrected chi connectivity index (χ1v) is 11.0. The van der Waals surface area contributed by atoms with Crippen molar-refractivity contribution in [2.24, 2.45) is 5.14 Å². The predicted molar refractivity (Wildman–Crippen MR) is 109 cm³/mol. The molecule has 32 heavy (non-hydrogen) atoms. The van der Waals surface area contributed by atoms with Crippen LogP contribution in [0.5, 0.6) is 0 Å². The van der Waals surface area contributed by atoms with Crippen molar-refractivity contribution in [1.29, 1.82) is 0 Å². The SMILES string of the molecule is NS(=O)(=O)N1CCN(C(=O)c2ccc(-c3cnn(-c4ccccc4C(F)(F)F)c3)[nH]2)CC1. The van der Waals surface area contributed by atoms with Gasteiger partial charge in [-0.05, 0) is 24.3 Å². The number of amides is 1. The maximum absolute atomic E-state index is 13.3. The Morgan fingerprint density at radius 2 is 1.75 bits per heavy atom. The van der Waals surface area contributed by atoms with Crippen LogP contribution >= 0.6 is 0 Å². The van der Waals surface area contributed by atoms with Gasteiger partial charge in [0.15, 0.2) is 0 Å². The van der Waals surface area contributed by atoms with Crippen LogP contribution in [0.4, 0.5) is 13.2 Å². The summed E-state index contributed by atoms with van der Waals surface area (Å²) >= 11 is 0. The molecular formula is C19H19F3N6O3S. The van der Waals surface area contributed by atoms with Crippen LogP contribution in [0.3, 0.4) is 0 Å². The smallest absolute Gasteiger partial charge is 0.350 e. The number of benzene rings is 1. The van der Waals surface area contributed by atoms with Crippen LogP contribution in [0.1, 0.15) is 16.1 Å². The van der Waals surface area contributed by atoms with E-state index in [0.29, 0.717) is 11.3 Å². The Morgan fingerprint density at radius 1 is 1.06 bits per heavy atom. The van der Waals surface area contributed by atoms with Gasteiger partial charge in [-0.15, -0.1) is 0 Å². The largest absolute Gasteiger partial charge is 0.418 e. The zero-order chi connectivity index (χ0) is 23.1. The van der Waals surface area contributed by atoms with Crippen molar-refractivity contribution < 1.29 is 26.4 Å². The summed E-state index contributed by atoms with van der Waals surface area (Å²) in [7, 11) is -3.80. The summed E-state index contributed by atoms with van der Waals surface area (Å²) in [6, 6.07) is 8.30. The van der Waals surface area contributed by atoms with Crippen LogP contribution < -0.4 is 5.14 Å². The zero-order valence-electron chi connectivity index (χ0n) is 16.6. The molecule has 1 saturated heterocycles. The number of hydrogen-bond acceptors (Lipinski definition) is 4. The molecule has 4 rings (SSSR count). The lowest BCUT2D eigenvalue weighted by atomic mass is 10.1. The van der Waals surface area contributed by atoms with Crippen molar-refractivity contribution in [3.63, 3.8) is 0 Å². The lowest BCUT2D eigenvalue weighted by Gasteiger charge is -2.32. The molecule has 0 unspecified atom stereocenters. The van der Waals surface area contributed by atoms with E-state index in [2.05, 4.69) is 10.1 Å². The summed E-state index contributed by atoms with van der Waals surface area (Å²) in [6.45, 7) is 0.582. The Hall–Kier alpha value is -3.16. The van der Waals surface area contributed by atoms with Gasteiger partial charge >= 0.3 is 6.18 Å². The third-order valence-electron chi connectivity index (χ3n) is 5.15. The van der Waals surface area contributed by atoms with E-state index in [1.54, 1.807) is 12.1 Å². The summed E-state index contributed by atoms with van der Waals surface area (Å²) in [5.41, 5.74) is 0.359. The average molecular weight is 468 g/mol. The Balaban J connectivity index is 1.51. The number of nitrogens with two attached hydrogens (primary N) is 1. The molecule has 1 amide bonds. The van der Waals surface area contributed by atoms with Crippen LogP contribution in [0.15, 0.2) is 48.8 Å². The molecule has 0 spiro atoms. The van der Waals surface area contributed by atoms with Crippen LogP contribution in [-0.4, -0.2) is 64.5 Å². The molecule has 1 aliphatic heterocycles. The van der Waals surface area contributed by atoms with E-state index >= 15 is 0 Å². The number of piperazine rings is 1. The molecule has 13 heteroatoms. The Bertz CT molecular complexity index is 1240. The molecule has 170 valence electrons. The Kier molecular flexibility index (Phi) is 5.56. The number of hydrogen-bond donors (Lipinski definition) is 2. The number of carbonyl (C=O) groups excluding carboxylic acids is 1. The minimum atomic E-state index is -4.53. The van der Waals surface area contributed by atoms with Crippen molar-refractivity contribution >= 4 is 16.1 Å². The molecule has 1 aromatic carbocycles. The van der Waals surface area contributed by atoms with Gasteiger partial charge in [-0.25, -0.2) is 9.82 Å². The summed E-state index contributed by atoms with van der Waals surface area (Å²) in [5, 5.41) is 9.15. The van der Waals surface area contributed by atoms with E-state index in [-0.39, 0.29) is 43.5 Å². The highest BCUT2D eigenvalue weighted by Crippen LogP contribution is 2.34. The number of para-hydroxylation sites is 1. The van der Waals surface area contributed by atoms with Crippen LogP contribution in [0, 0.1) is 0 Å². The number of aromatic nitrogens is 3. The first kappa shape index (κ1) is 22.0. The number of carbonyl (C=O) groups is 1. The topological polar surface area (TPSA) is 117 Å². The standard InChI is InChI=1S/C19H19F3N6O3S/c20-19(21,22)14-3-1-2-4-17(14)28-12-13(11-24-28)15-5-6-16(25-15)18(29)26-7-9-27(10-8-26)32(23,30)31/h1-6,11-12,25H,7-10H2,(H2,23,30,31). The second-order valence-electron chi connectivity index (χ2n) is 7.21. The van der Waals surface area contributed by atoms with Gasteiger partial charge < -0.3 is 9.88 Å². The highest BCUT2D eigenvalue weighted by molar-refractivity contribution is 7.86. The molecular weight excluding hydrogens is 449 g/mol. The number of nitrogens with zero attached hydrogens (tertiary/aromatic N) is 4. The highest BCUT2D eigenvalue weighted by Gasteiger charge is 2.34. The second kappa shape index (κ2) is 8.07. The van der Waals surface area contributed by atoms with Crippen LogP contribution in [-0.2, 0) is 16.4 Å². The molecule has 3 heterocycles. The average Bonchev–Trinajstić information content (AvgIpc) is 3.42. The summed E-state index contributed by atoms with van der Waals surface area (Å²) in [5.74, 6) is -0.319. The molecule has 3 aromatic rings. The predicted octanol–water partition coefficient (Wildman–Crippen LogP) is 1.85. The zero-order valence-corrected chi connectivity index (χ0v) is 17.4. The van der Waals surface area contributed by atoms with Gasteiger partial charge in [-0.2, -0.15) is 31.0 Å². The van der Waals surface area contributed by atoms with Crippen molar-refractivity contribution in [2.75, 3.05) is 26.2 Å². The first-order valence-electron chi connectivity index (χ1n) is 9.52. The number of rotatable bonds is 4. The maximum Gasteiger partial charge on any atom is 0.418 e. The fourth-order valence-corrected chi connectivity index (χ4v) is 4.18. The van der Waals surface area contributed by atoms with Gasteiger partial charge in [0.1, 0.15) is 5.69 Å². The van der Waals surface area contributed by atoms with Gasteiger partial charge in [0.25, 0.3) is 16.1 Å². The number of alkyl halides is 3. The molecule has 3 N–H and O–H groups in total. The molecule has 0 radical (unpaired) electrons. The fraction of sp³-hybridized carbons (Fsp3) is 0.263. The van der Waals surface area contributed by atoms with E-state index < -0.39 is 21.9 Å². The minimum absolute atomic E-state index is 0.101. The molecule has 0 atom stereocenters. The van der Waals surface area contributed by atoms with Crippen LogP contribution in [0.25, 0.3) is 16.9 Å². The number of aromatic amines is 1. The molecule has 0 saturated carbocycles. The lowest BCUT2D eigenvalue weighted by molar-refractivity contribution is -0.137. The minimum Gasteiger partial charge on any atom is -0.350 e. The molecule has 1 fully saturated rings. The fourth-order valence-electron chi connectivity index (χ4n) is 3.51. The lowest BCUT2D eigenvalue weighted by Crippen LogP contribution is -2.52. The van der Waals surface area contributed by atoms with Gasteiger partial charge in [-0.3, -0.25) is 4.79 Å². The monoisotopic (exact) mass is 468 g/mol. The van der Waals surface area contributed by atoms with E-state index in [1.807, 2.05) is 0 Å². The first-order chi connectivity index (χ1) is 15.0. The van der Waals surface area contributed by atoms with Gasteiger partial charge in [0.05, 0.1) is 17.4 Å². The molecule has 2 aromatic heterocycles. The van der Waals surface area contributed by atoms with E-state index in [4.69, 9.17) is 5.14 Å². The molecule has 1 aliphatic rings. The summed E-state index contributed by atoms with van der Waals surface area (Å²) in [4.78, 5) is 17.2. The Morgan fingerprint density at radius 3 is 2.41 bits per heavy atom. The third-order valence-corrected chi connectivity index (χ3v) is 6.24. The maximum atomic E-state index is 13.3.